The Kier molecular flexibility index (Phi) is 4.53. The van der Waals surface area contributed by atoms with Crippen LogP contribution >= 0.6 is 0 Å². The van der Waals surface area contributed by atoms with E-state index in [0.29, 0.717) is 6.10 Å². The predicted molar refractivity (Wildman–Crippen MR) is 78.9 cm³/mol. The molecule has 0 amide bonds. The second-order valence-electron chi connectivity index (χ2n) is 5.20. The average molecular weight is 264 g/mol. The molecule has 0 radical (unpaired) electrons. The molecule has 2 rings (SSSR count). The van der Waals surface area contributed by atoms with E-state index in [9.17, 15) is 0 Å². The Labute approximate surface area is 115 Å². The van der Waals surface area contributed by atoms with Crippen molar-refractivity contribution in [3.05, 3.63) is 18.2 Å². The third-order valence-electron chi connectivity index (χ3n) is 3.34. The first-order valence-electron chi connectivity index (χ1n) is 7.03. The van der Waals surface area contributed by atoms with Crippen molar-refractivity contribution in [2.24, 2.45) is 0 Å². The minimum Gasteiger partial charge on any atom is -0.489 e. The molecule has 1 saturated heterocycles. The summed E-state index contributed by atoms with van der Waals surface area (Å²) in [6, 6.07) is 5.98. The van der Waals surface area contributed by atoms with Crippen molar-refractivity contribution in [2.75, 3.05) is 30.3 Å². The normalized spacial score (nSPS) is 19.8. The van der Waals surface area contributed by atoms with Crippen LogP contribution in [0, 0.1) is 0 Å². The van der Waals surface area contributed by atoms with Gasteiger partial charge in [-0.1, -0.05) is 13.0 Å². The van der Waals surface area contributed by atoms with Gasteiger partial charge in [-0.25, -0.2) is 0 Å². The second-order valence-corrected chi connectivity index (χ2v) is 5.20. The van der Waals surface area contributed by atoms with Crippen LogP contribution in [0.3, 0.4) is 0 Å². The van der Waals surface area contributed by atoms with Crippen molar-refractivity contribution in [3.8, 4) is 5.75 Å². The van der Waals surface area contributed by atoms with Gasteiger partial charge in [0.1, 0.15) is 5.75 Å². The molecule has 106 valence electrons. The standard InChI is InChI=1S/C15H24N2O2/c1-4-12-10-17(8-9-18-12)13-6-5-7-14(15(13)16)19-11(2)3/h5-7,11-12H,4,8-10,16H2,1-3H3. The van der Waals surface area contributed by atoms with Gasteiger partial charge in [-0.3, -0.25) is 0 Å². The van der Waals surface area contributed by atoms with Gasteiger partial charge in [-0.15, -0.1) is 0 Å². The zero-order valence-electron chi connectivity index (χ0n) is 12.1. The Balaban J connectivity index is 2.19. The van der Waals surface area contributed by atoms with Crippen LogP contribution in [0.4, 0.5) is 11.4 Å². The summed E-state index contributed by atoms with van der Waals surface area (Å²) in [5, 5.41) is 0. The number of nitrogens with two attached hydrogens (primary N) is 1. The predicted octanol–water partition coefficient (Wildman–Crippen LogP) is 2.67. The maximum Gasteiger partial charge on any atom is 0.144 e. The van der Waals surface area contributed by atoms with Crippen molar-refractivity contribution in [1.29, 1.82) is 0 Å². The van der Waals surface area contributed by atoms with Gasteiger partial charge in [-0.2, -0.15) is 0 Å². The van der Waals surface area contributed by atoms with Gasteiger partial charge in [0, 0.05) is 13.1 Å². The fraction of sp³-hybridized carbons (Fsp3) is 0.600. The largest absolute Gasteiger partial charge is 0.489 e. The van der Waals surface area contributed by atoms with E-state index in [2.05, 4.69) is 17.9 Å². The van der Waals surface area contributed by atoms with E-state index < -0.39 is 0 Å². The number of rotatable bonds is 4. The zero-order valence-corrected chi connectivity index (χ0v) is 12.1. The first-order chi connectivity index (χ1) is 9.11. The fourth-order valence-corrected chi connectivity index (χ4v) is 2.35. The summed E-state index contributed by atoms with van der Waals surface area (Å²) in [6.45, 7) is 8.70. The molecular weight excluding hydrogens is 240 g/mol. The van der Waals surface area contributed by atoms with Gasteiger partial charge >= 0.3 is 0 Å². The van der Waals surface area contributed by atoms with Crippen molar-refractivity contribution < 1.29 is 9.47 Å². The van der Waals surface area contributed by atoms with Gasteiger partial charge < -0.3 is 20.1 Å². The van der Waals surface area contributed by atoms with E-state index in [4.69, 9.17) is 15.2 Å². The molecule has 1 fully saturated rings. The molecule has 4 nitrogen and oxygen atoms in total. The fourth-order valence-electron chi connectivity index (χ4n) is 2.35. The van der Waals surface area contributed by atoms with Crippen molar-refractivity contribution in [3.63, 3.8) is 0 Å². The Morgan fingerprint density at radius 1 is 1.47 bits per heavy atom. The zero-order chi connectivity index (χ0) is 13.8. The quantitative estimate of drug-likeness (QED) is 0.849. The molecule has 1 aromatic carbocycles. The molecule has 1 unspecified atom stereocenters. The van der Waals surface area contributed by atoms with Gasteiger partial charge in [0.05, 0.1) is 30.2 Å². The van der Waals surface area contributed by atoms with Crippen LogP contribution in [-0.2, 0) is 4.74 Å². The highest BCUT2D eigenvalue weighted by molar-refractivity contribution is 5.74. The van der Waals surface area contributed by atoms with Crippen molar-refractivity contribution in [2.45, 2.75) is 39.4 Å². The van der Waals surface area contributed by atoms with Crippen LogP contribution < -0.4 is 15.4 Å². The highest BCUT2D eigenvalue weighted by Crippen LogP contribution is 2.33. The Bertz CT molecular complexity index is 421. The maximum absolute atomic E-state index is 6.24. The van der Waals surface area contributed by atoms with Crippen molar-refractivity contribution in [1.82, 2.24) is 0 Å². The number of nitrogens with zero attached hydrogens (tertiary/aromatic N) is 1. The summed E-state index contributed by atoms with van der Waals surface area (Å²) in [7, 11) is 0. The van der Waals surface area contributed by atoms with Crippen LogP contribution in [0.2, 0.25) is 0 Å². The highest BCUT2D eigenvalue weighted by Gasteiger charge is 2.21. The molecule has 1 atom stereocenters. The average Bonchev–Trinajstić information content (AvgIpc) is 2.41. The van der Waals surface area contributed by atoms with Gasteiger partial charge in [0.2, 0.25) is 0 Å². The molecule has 1 aromatic rings. The molecule has 0 spiro atoms. The Hall–Kier alpha value is -1.42. The molecule has 4 heteroatoms. The summed E-state index contributed by atoms with van der Waals surface area (Å²) < 4.78 is 11.4. The molecule has 19 heavy (non-hydrogen) atoms. The maximum atomic E-state index is 6.24. The topological polar surface area (TPSA) is 47.7 Å². The molecule has 1 aliphatic rings. The summed E-state index contributed by atoms with van der Waals surface area (Å²) in [4.78, 5) is 2.29. The lowest BCUT2D eigenvalue weighted by molar-refractivity contribution is 0.0384. The molecule has 0 bridgehead atoms. The highest BCUT2D eigenvalue weighted by atomic mass is 16.5. The lowest BCUT2D eigenvalue weighted by Crippen LogP contribution is -2.42. The smallest absolute Gasteiger partial charge is 0.144 e. The van der Waals surface area contributed by atoms with Crippen LogP contribution in [-0.4, -0.2) is 31.9 Å². The minimum atomic E-state index is 0.130. The SMILES string of the molecule is CCC1CN(c2cccc(OC(C)C)c2N)CCO1. The van der Waals surface area contributed by atoms with Gasteiger partial charge in [0.25, 0.3) is 0 Å². The molecule has 0 aliphatic carbocycles. The third kappa shape index (κ3) is 3.32. The first kappa shape index (κ1) is 14.0. The van der Waals surface area contributed by atoms with E-state index in [0.717, 1.165) is 43.2 Å². The number of ether oxygens (including phenoxy) is 2. The van der Waals surface area contributed by atoms with Gasteiger partial charge in [-0.05, 0) is 32.4 Å². The molecule has 0 aromatic heterocycles. The van der Waals surface area contributed by atoms with Crippen LogP contribution in [0.1, 0.15) is 27.2 Å². The van der Waals surface area contributed by atoms with E-state index in [1.54, 1.807) is 0 Å². The number of benzene rings is 1. The molecule has 2 N–H and O–H groups in total. The Morgan fingerprint density at radius 3 is 2.95 bits per heavy atom. The minimum absolute atomic E-state index is 0.130. The summed E-state index contributed by atoms with van der Waals surface area (Å²) >= 11 is 0. The summed E-state index contributed by atoms with van der Waals surface area (Å²) in [5.74, 6) is 0.770. The van der Waals surface area contributed by atoms with E-state index >= 15 is 0 Å². The van der Waals surface area contributed by atoms with Gasteiger partial charge in [0.15, 0.2) is 0 Å². The summed E-state index contributed by atoms with van der Waals surface area (Å²) in [6.07, 6.45) is 1.45. The van der Waals surface area contributed by atoms with Crippen molar-refractivity contribution >= 4 is 11.4 Å². The van der Waals surface area contributed by atoms with E-state index in [1.807, 2.05) is 26.0 Å². The third-order valence-corrected chi connectivity index (χ3v) is 3.34. The van der Waals surface area contributed by atoms with E-state index in [-0.39, 0.29) is 6.10 Å². The monoisotopic (exact) mass is 264 g/mol. The number of hydrogen-bond acceptors (Lipinski definition) is 4. The van der Waals surface area contributed by atoms with Crippen LogP contribution in [0.25, 0.3) is 0 Å². The molecular formula is C15H24N2O2. The number of hydrogen-bond donors (Lipinski definition) is 1. The lowest BCUT2D eigenvalue weighted by atomic mass is 10.1. The number of para-hydroxylation sites is 1. The molecule has 1 aliphatic heterocycles. The van der Waals surface area contributed by atoms with Crippen LogP contribution in [0.15, 0.2) is 18.2 Å². The number of nitrogen functional groups attached to an aromatic ring is 1. The van der Waals surface area contributed by atoms with E-state index in [1.165, 1.54) is 0 Å². The Morgan fingerprint density at radius 2 is 2.26 bits per heavy atom. The number of anilines is 2. The second kappa shape index (κ2) is 6.15. The van der Waals surface area contributed by atoms with Crippen LogP contribution in [0.5, 0.6) is 5.75 Å². The lowest BCUT2D eigenvalue weighted by Gasteiger charge is -2.35. The number of morpholine rings is 1. The molecule has 1 heterocycles. The first-order valence-corrected chi connectivity index (χ1v) is 7.03. The summed E-state index contributed by atoms with van der Waals surface area (Å²) in [5.41, 5.74) is 8.03. The molecule has 0 saturated carbocycles.